The number of nitrogens with one attached hydrogen (secondary N) is 2. The number of hydrogen-bond acceptors (Lipinski definition) is 8. The molecule has 40 heavy (non-hydrogen) atoms. The number of aromatic nitrogens is 2. The average molecular weight is 581 g/mol. The Balaban J connectivity index is 1.72. The van der Waals surface area contributed by atoms with Gasteiger partial charge in [-0.2, -0.15) is 18.2 Å². The number of halogens is 3. The minimum atomic E-state index is -4.81. The van der Waals surface area contributed by atoms with Crippen LogP contribution in [0.1, 0.15) is 40.9 Å². The van der Waals surface area contributed by atoms with E-state index in [0.717, 1.165) is 0 Å². The maximum absolute atomic E-state index is 13.9. The van der Waals surface area contributed by atoms with E-state index in [1.807, 2.05) is 13.8 Å². The monoisotopic (exact) mass is 581 g/mol. The molecule has 0 bridgehead atoms. The molecule has 2 heterocycles. The van der Waals surface area contributed by atoms with Gasteiger partial charge in [0.1, 0.15) is 22.9 Å². The van der Waals surface area contributed by atoms with Crippen LogP contribution in [0.15, 0.2) is 36.5 Å². The van der Waals surface area contributed by atoms with Gasteiger partial charge in [-0.3, -0.25) is 9.36 Å². The van der Waals surface area contributed by atoms with Gasteiger partial charge in [0.15, 0.2) is 0 Å². The lowest BCUT2D eigenvalue weighted by Gasteiger charge is -2.18. The number of fused-ring (bicyclic) bond motifs is 1. The van der Waals surface area contributed by atoms with Crippen LogP contribution in [0.5, 0.6) is 11.5 Å². The van der Waals surface area contributed by atoms with E-state index in [1.54, 1.807) is 13.1 Å². The molecule has 1 aromatic heterocycles. The molecule has 3 aromatic rings. The summed E-state index contributed by atoms with van der Waals surface area (Å²) < 4.78 is 64.1. The van der Waals surface area contributed by atoms with Gasteiger partial charge >= 0.3 is 13.8 Å². The summed E-state index contributed by atoms with van der Waals surface area (Å²) in [6.07, 6.45) is -4.91. The Kier molecular flexibility index (Phi) is 7.97. The Morgan fingerprint density at radius 3 is 2.45 bits per heavy atom. The molecule has 0 unspecified atom stereocenters. The molecule has 4 N–H and O–H groups in total. The summed E-state index contributed by atoms with van der Waals surface area (Å²) >= 11 is 0. The maximum Gasteiger partial charge on any atom is 0.421 e. The van der Waals surface area contributed by atoms with Crippen LogP contribution in [0.2, 0.25) is 0 Å². The van der Waals surface area contributed by atoms with E-state index in [0.29, 0.717) is 23.1 Å². The SMILES string of the molecule is COc1cc(CP(=O)(O)O)ccc1Nc1ncc(C(F)(F)F)c(Nc2ccc(OC(C)C)c3c2C(=O)N(C)C3)n1. The molecule has 0 fully saturated rings. The van der Waals surface area contributed by atoms with Crippen LogP contribution < -0.4 is 20.1 Å². The van der Waals surface area contributed by atoms with Crippen LogP contribution in [0.25, 0.3) is 0 Å². The van der Waals surface area contributed by atoms with E-state index in [9.17, 15) is 32.3 Å². The quantitative estimate of drug-likeness (QED) is 0.254. The number of nitrogens with zero attached hydrogens (tertiary/aromatic N) is 3. The van der Waals surface area contributed by atoms with Gasteiger partial charge in [0.25, 0.3) is 5.91 Å². The van der Waals surface area contributed by atoms with Crippen molar-refractivity contribution in [2.24, 2.45) is 0 Å². The molecule has 0 spiro atoms. The number of carbonyl (C=O) groups excluding carboxylic acids is 1. The Morgan fingerprint density at radius 2 is 1.82 bits per heavy atom. The lowest BCUT2D eigenvalue weighted by Crippen LogP contribution is -2.18. The molecule has 0 atom stereocenters. The molecule has 0 saturated heterocycles. The van der Waals surface area contributed by atoms with E-state index in [-0.39, 0.29) is 47.2 Å². The fourth-order valence-electron chi connectivity index (χ4n) is 4.17. The van der Waals surface area contributed by atoms with Crippen molar-refractivity contribution < 1.29 is 41.8 Å². The van der Waals surface area contributed by atoms with E-state index in [2.05, 4.69) is 20.6 Å². The molecule has 1 amide bonds. The number of amides is 1. The summed E-state index contributed by atoms with van der Waals surface area (Å²) in [7, 11) is -1.43. The zero-order valence-corrected chi connectivity index (χ0v) is 22.8. The molecule has 11 nitrogen and oxygen atoms in total. The molecule has 214 valence electrons. The average Bonchev–Trinajstić information content (AvgIpc) is 3.14. The number of benzene rings is 2. The molecule has 0 radical (unpaired) electrons. The second-order valence-electron chi connectivity index (χ2n) is 9.35. The summed E-state index contributed by atoms with van der Waals surface area (Å²) in [5, 5.41) is 5.44. The highest BCUT2D eigenvalue weighted by Gasteiger charge is 2.37. The molecular weight excluding hydrogens is 554 g/mol. The van der Waals surface area contributed by atoms with Gasteiger partial charge < -0.3 is 34.8 Å². The van der Waals surface area contributed by atoms with Crippen molar-refractivity contribution in [2.45, 2.75) is 38.8 Å². The van der Waals surface area contributed by atoms with Crippen molar-refractivity contribution in [3.05, 3.63) is 58.8 Å². The van der Waals surface area contributed by atoms with Crippen molar-refractivity contribution in [3.63, 3.8) is 0 Å². The van der Waals surface area contributed by atoms with Gasteiger partial charge in [0.05, 0.1) is 42.9 Å². The Hall–Kier alpha value is -3.87. The Morgan fingerprint density at radius 1 is 1.12 bits per heavy atom. The molecule has 0 saturated carbocycles. The number of rotatable bonds is 9. The zero-order chi connectivity index (χ0) is 29.4. The third kappa shape index (κ3) is 6.46. The van der Waals surface area contributed by atoms with Gasteiger partial charge in [-0.25, -0.2) is 4.98 Å². The highest BCUT2D eigenvalue weighted by atomic mass is 31.2. The molecule has 0 aliphatic carbocycles. The minimum Gasteiger partial charge on any atom is -0.495 e. The van der Waals surface area contributed by atoms with Crippen molar-refractivity contribution in [2.75, 3.05) is 24.8 Å². The predicted molar refractivity (Wildman–Crippen MR) is 140 cm³/mol. The maximum atomic E-state index is 13.9. The van der Waals surface area contributed by atoms with Crippen LogP contribution in [0.4, 0.5) is 36.3 Å². The second kappa shape index (κ2) is 11.0. The highest BCUT2D eigenvalue weighted by Crippen LogP contribution is 2.42. The number of carbonyl (C=O) groups is 1. The van der Waals surface area contributed by atoms with Crippen molar-refractivity contribution >= 4 is 36.6 Å². The van der Waals surface area contributed by atoms with E-state index >= 15 is 0 Å². The number of anilines is 4. The van der Waals surface area contributed by atoms with Crippen LogP contribution in [0.3, 0.4) is 0 Å². The van der Waals surface area contributed by atoms with Crippen LogP contribution >= 0.6 is 7.60 Å². The Bertz CT molecular complexity index is 1490. The molecular formula is C25H27F3N5O6P. The fraction of sp³-hybridized carbons (Fsp3) is 0.320. The minimum absolute atomic E-state index is 0.120. The van der Waals surface area contributed by atoms with Gasteiger partial charge in [0, 0.05) is 18.8 Å². The van der Waals surface area contributed by atoms with E-state index in [1.165, 1.54) is 36.3 Å². The standard InChI is InChI=1S/C25H27F3N5O6P/c1-13(2)39-19-8-7-18(21-15(19)11-33(3)23(21)34)30-22-16(25(26,27)28)10-29-24(32-22)31-17-6-5-14(9-20(17)38-4)12-40(35,36)37/h5-10,13H,11-12H2,1-4H3,(H2,35,36,37)(H2,29,30,31,32). The zero-order valence-electron chi connectivity index (χ0n) is 21.9. The molecule has 15 heteroatoms. The summed E-state index contributed by atoms with van der Waals surface area (Å²) in [6, 6.07) is 7.31. The number of methoxy groups -OCH3 is 1. The lowest BCUT2D eigenvalue weighted by molar-refractivity contribution is -0.137. The normalized spacial score (nSPS) is 13.4. The summed E-state index contributed by atoms with van der Waals surface area (Å²) in [6.45, 7) is 3.88. The largest absolute Gasteiger partial charge is 0.495 e. The smallest absolute Gasteiger partial charge is 0.421 e. The topological polar surface area (TPSA) is 146 Å². The van der Waals surface area contributed by atoms with Gasteiger partial charge in [-0.05, 0) is 43.7 Å². The van der Waals surface area contributed by atoms with Gasteiger partial charge in [0.2, 0.25) is 5.95 Å². The number of alkyl halides is 3. The van der Waals surface area contributed by atoms with Crippen molar-refractivity contribution in [1.82, 2.24) is 14.9 Å². The first-order valence-electron chi connectivity index (χ1n) is 11.9. The van der Waals surface area contributed by atoms with E-state index in [4.69, 9.17) is 9.47 Å². The van der Waals surface area contributed by atoms with Crippen LogP contribution in [0, 0.1) is 0 Å². The first-order valence-corrected chi connectivity index (χ1v) is 13.7. The fourth-order valence-corrected chi connectivity index (χ4v) is 4.84. The summed E-state index contributed by atoms with van der Waals surface area (Å²) in [5.74, 6) is -0.576. The van der Waals surface area contributed by atoms with Crippen molar-refractivity contribution in [3.8, 4) is 11.5 Å². The van der Waals surface area contributed by atoms with Crippen LogP contribution in [-0.2, 0) is 23.4 Å². The molecule has 4 rings (SSSR count). The van der Waals surface area contributed by atoms with Crippen LogP contribution in [-0.4, -0.2) is 50.8 Å². The first kappa shape index (κ1) is 29.1. The first-order chi connectivity index (χ1) is 18.7. The number of ether oxygens (including phenoxy) is 2. The lowest BCUT2D eigenvalue weighted by atomic mass is 10.1. The third-order valence-electron chi connectivity index (χ3n) is 5.84. The summed E-state index contributed by atoms with van der Waals surface area (Å²) in [4.78, 5) is 40.6. The number of hydrogen-bond donors (Lipinski definition) is 4. The van der Waals surface area contributed by atoms with E-state index < -0.39 is 31.3 Å². The summed E-state index contributed by atoms with van der Waals surface area (Å²) in [5.41, 5.74) is 0.235. The van der Waals surface area contributed by atoms with Crippen molar-refractivity contribution in [1.29, 1.82) is 0 Å². The third-order valence-corrected chi connectivity index (χ3v) is 6.61. The highest BCUT2D eigenvalue weighted by molar-refractivity contribution is 7.50. The molecule has 1 aliphatic heterocycles. The molecule has 2 aromatic carbocycles. The van der Waals surface area contributed by atoms with Gasteiger partial charge in [-0.15, -0.1) is 0 Å². The predicted octanol–water partition coefficient (Wildman–Crippen LogP) is 5.04. The van der Waals surface area contributed by atoms with Gasteiger partial charge in [-0.1, -0.05) is 6.07 Å². The second-order valence-corrected chi connectivity index (χ2v) is 11.0. The molecule has 1 aliphatic rings. The Labute approximate surface area is 227 Å².